The van der Waals surface area contributed by atoms with E-state index in [1.54, 1.807) is 0 Å². The molecule has 1 heterocycles. The van der Waals surface area contributed by atoms with Crippen molar-refractivity contribution in [2.24, 2.45) is 5.41 Å². The van der Waals surface area contributed by atoms with Crippen molar-refractivity contribution in [3.8, 4) is 6.01 Å². The fourth-order valence-electron chi connectivity index (χ4n) is 2.47. The molecule has 1 saturated carbocycles. The Morgan fingerprint density at radius 3 is 2.62 bits per heavy atom. The van der Waals surface area contributed by atoms with E-state index < -0.39 is 0 Å². The number of anilines is 2. The minimum Gasteiger partial charge on any atom is -0.461 e. The first-order valence-corrected chi connectivity index (χ1v) is 7.39. The summed E-state index contributed by atoms with van der Waals surface area (Å²) >= 11 is 0. The number of rotatable bonds is 6. The maximum absolute atomic E-state index is 5.72. The van der Waals surface area contributed by atoms with Crippen LogP contribution < -0.4 is 15.8 Å². The van der Waals surface area contributed by atoms with Crippen LogP contribution >= 0.6 is 0 Å². The van der Waals surface area contributed by atoms with Crippen LogP contribution in [0.3, 0.4) is 0 Å². The maximum Gasteiger partial charge on any atom is 0.323 e. The highest BCUT2D eigenvalue weighted by Gasteiger charge is 2.49. The highest BCUT2D eigenvalue weighted by molar-refractivity contribution is 5.35. The molecule has 0 aliphatic heterocycles. The molecule has 0 spiro atoms. The van der Waals surface area contributed by atoms with Crippen LogP contribution in [0.2, 0.25) is 0 Å². The number of nitrogen functional groups attached to an aromatic ring is 1. The molecule has 1 fully saturated rings. The van der Waals surface area contributed by atoms with Crippen molar-refractivity contribution < 1.29 is 9.47 Å². The van der Waals surface area contributed by atoms with E-state index >= 15 is 0 Å². The van der Waals surface area contributed by atoms with Gasteiger partial charge in [-0.25, -0.2) is 0 Å². The lowest BCUT2D eigenvalue weighted by Crippen LogP contribution is -2.58. The molecular formula is C14H25N5O2. The first-order valence-electron chi connectivity index (χ1n) is 7.39. The summed E-state index contributed by atoms with van der Waals surface area (Å²) in [7, 11) is 0. The SMILES string of the molecule is CCOC1CC(Nc2nc(N)nc(OC(C)C)n2)C1(C)C. The summed E-state index contributed by atoms with van der Waals surface area (Å²) in [6.07, 6.45) is 1.17. The quantitative estimate of drug-likeness (QED) is 0.827. The van der Waals surface area contributed by atoms with Crippen LogP contribution in [-0.4, -0.2) is 39.8 Å². The fraction of sp³-hybridized carbons (Fsp3) is 0.786. The second kappa shape index (κ2) is 6.01. The van der Waals surface area contributed by atoms with Gasteiger partial charge in [-0.15, -0.1) is 0 Å². The van der Waals surface area contributed by atoms with Gasteiger partial charge in [0.2, 0.25) is 11.9 Å². The number of hydrogen-bond donors (Lipinski definition) is 2. The summed E-state index contributed by atoms with van der Waals surface area (Å²) in [5, 5.41) is 3.31. The summed E-state index contributed by atoms with van der Waals surface area (Å²) in [6, 6.07) is 0.487. The summed E-state index contributed by atoms with van der Waals surface area (Å²) in [5.74, 6) is 0.604. The molecule has 1 aliphatic rings. The van der Waals surface area contributed by atoms with Gasteiger partial charge in [0.05, 0.1) is 12.2 Å². The average Bonchev–Trinajstić information content (AvgIpc) is 2.36. The first-order chi connectivity index (χ1) is 9.82. The van der Waals surface area contributed by atoms with E-state index in [-0.39, 0.29) is 35.6 Å². The van der Waals surface area contributed by atoms with Crippen molar-refractivity contribution in [2.45, 2.75) is 59.3 Å². The van der Waals surface area contributed by atoms with Crippen LogP contribution in [0.4, 0.5) is 11.9 Å². The van der Waals surface area contributed by atoms with Crippen LogP contribution in [0, 0.1) is 5.41 Å². The zero-order chi connectivity index (χ0) is 15.6. The van der Waals surface area contributed by atoms with E-state index in [0.717, 1.165) is 13.0 Å². The molecule has 1 aliphatic carbocycles. The molecule has 21 heavy (non-hydrogen) atoms. The minimum atomic E-state index is -0.0119. The first kappa shape index (κ1) is 15.8. The molecule has 0 saturated heterocycles. The van der Waals surface area contributed by atoms with Gasteiger partial charge in [0.1, 0.15) is 0 Å². The van der Waals surface area contributed by atoms with Crippen molar-refractivity contribution in [1.82, 2.24) is 15.0 Å². The third kappa shape index (κ3) is 3.53. The lowest BCUT2D eigenvalue weighted by molar-refractivity contribution is -0.0977. The molecule has 1 aromatic rings. The van der Waals surface area contributed by atoms with E-state index in [0.29, 0.717) is 5.95 Å². The Hall–Kier alpha value is -1.63. The van der Waals surface area contributed by atoms with Gasteiger partial charge in [0.15, 0.2) is 0 Å². The predicted octanol–water partition coefficient (Wildman–Crippen LogP) is 1.86. The van der Waals surface area contributed by atoms with Crippen LogP contribution in [-0.2, 0) is 4.74 Å². The lowest BCUT2D eigenvalue weighted by atomic mass is 9.64. The van der Waals surface area contributed by atoms with E-state index in [1.807, 2.05) is 20.8 Å². The molecule has 2 rings (SSSR count). The smallest absolute Gasteiger partial charge is 0.323 e. The number of nitrogens with one attached hydrogen (secondary N) is 1. The fourth-order valence-corrected chi connectivity index (χ4v) is 2.47. The molecule has 0 aromatic carbocycles. The Morgan fingerprint density at radius 2 is 2.05 bits per heavy atom. The molecule has 7 nitrogen and oxygen atoms in total. The van der Waals surface area contributed by atoms with Crippen LogP contribution in [0.5, 0.6) is 6.01 Å². The highest BCUT2D eigenvalue weighted by Crippen LogP contribution is 2.44. The van der Waals surface area contributed by atoms with E-state index in [1.165, 1.54) is 0 Å². The zero-order valence-electron chi connectivity index (χ0n) is 13.4. The van der Waals surface area contributed by atoms with E-state index in [9.17, 15) is 0 Å². The molecule has 0 radical (unpaired) electrons. The number of ether oxygens (including phenoxy) is 2. The standard InChI is InChI=1S/C14H25N5O2/c1-6-20-10-7-9(14(10,4)5)16-12-17-11(15)18-13(19-12)21-8(2)3/h8-10H,6-7H2,1-5H3,(H3,15,16,17,18,19). The largest absolute Gasteiger partial charge is 0.461 e. The molecule has 3 N–H and O–H groups in total. The van der Waals surface area contributed by atoms with Gasteiger partial charge in [0, 0.05) is 18.1 Å². The molecule has 7 heteroatoms. The number of nitrogens with two attached hydrogens (primary N) is 1. The third-order valence-corrected chi connectivity index (χ3v) is 3.82. The summed E-state index contributed by atoms with van der Waals surface area (Å²) in [5.41, 5.74) is 5.73. The van der Waals surface area contributed by atoms with Gasteiger partial charge < -0.3 is 20.5 Å². The van der Waals surface area contributed by atoms with E-state index in [4.69, 9.17) is 15.2 Å². The molecule has 118 valence electrons. The normalized spacial score (nSPS) is 23.7. The Kier molecular flexibility index (Phi) is 4.51. The maximum atomic E-state index is 5.72. The average molecular weight is 295 g/mol. The van der Waals surface area contributed by atoms with Crippen molar-refractivity contribution in [1.29, 1.82) is 0 Å². The van der Waals surface area contributed by atoms with Crippen LogP contribution in [0.25, 0.3) is 0 Å². The van der Waals surface area contributed by atoms with Crippen LogP contribution in [0.1, 0.15) is 41.0 Å². The lowest BCUT2D eigenvalue weighted by Gasteiger charge is -2.51. The summed E-state index contributed by atoms with van der Waals surface area (Å²) < 4.78 is 11.2. The summed E-state index contributed by atoms with van der Waals surface area (Å²) in [6.45, 7) is 10.9. The molecule has 2 unspecified atom stereocenters. The minimum absolute atomic E-state index is 0.0119. The Bertz CT molecular complexity index is 492. The van der Waals surface area contributed by atoms with Gasteiger partial charge in [-0.2, -0.15) is 15.0 Å². The van der Waals surface area contributed by atoms with Crippen molar-refractivity contribution in [3.63, 3.8) is 0 Å². The number of nitrogens with zero attached hydrogens (tertiary/aromatic N) is 3. The Balaban J connectivity index is 2.05. The summed E-state index contributed by atoms with van der Waals surface area (Å²) in [4.78, 5) is 12.4. The Morgan fingerprint density at radius 1 is 1.33 bits per heavy atom. The van der Waals surface area contributed by atoms with Gasteiger partial charge >= 0.3 is 6.01 Å². The molecule has 1 aromatic heterocycles. The van der Waals surface area contributed by atoms with Gasteiger partial charge in [-0.3, -0.25) is 0 Å². The van der Waals surface area contributed by atoms with Gasteiger partial charge in [-0.1, -0.05) is 13.8 Å². The van der Waals surface area contributed by atoms with Crippen molar-refractivity contribution in [2.75, 3.05) is 17.7 Å². The molecule has 0 amide bonds. The number of hydrogen-bond acceptors (Lipinski definition) is 7. The number of aromatic nitrogens is 3. The third-order valence-electron chi connectivity index (χ3n) is 3.82. The second-order valence-electron chi connectivity index (χ2n) is 6.16. The molecular weight excluding hydrogens is 270 g/mol. The zero-order valence-corrected chi connectivity index (χ0v) is 13.4. The second-order valence-corrected chi connectivity index (χ2v) is 6.16. The highest BCUT2D eigenvalue weighted by atomic mass is 16.5. The topological polar surface area (TPSA) is 95.2 Å². The van der Waals surface area contributed by atoms with Crippen LogP contribution in [0.15, 0.2) is 0 Å². The molecule has 0 bridgehead atoms. The van der Waals surface area contributed by atoms with Crippen molar-refractivity contribution in [3.05, 3.63) is 0 Å². The predicted molar refractivity (Wildman–Crippen MR) is 81.2 cm³/mol. The Labute approximate surface area is 125 Å². The van der Waals surface area contributed by atoms with E-state index in [2.05, 4.69) is 34.1 Å². The van der Waals surface area contributed by atoms with Gasteiger partial charge in [0.25, 0.3) is 0 Å². The molecule has 2 atom stereocenters. The monoisotopic (exact) mass is 295 g/mol. The van der Waals surface area contributed by atoms with Crippen molar-refractivity contribution >= 4 is 11.9 Å². The van der Waals surface area contributed by atoms with Gasteiger partial charge in [-0.05, 0) is 27.2 Å².